The van der Waals surface area contributed by atoms with Gasteiger partial charge >= 0.3 is 5.97 Å². The standard InChI is InChI=1S/C20H24N4O4/c1-3-28-20(25)16-8-9-18(21-14-16)22-10-5-11-23(13-12-22)19-15(2)6-4-7-17(19)24(26)27/h4,6-9,14H,3,5,10-13H2,1-2H3. The van der Waals surface area contributed by atoms with Gasteiger partial charge in [0.1, 0.15) is 11.5 Å². The molecule has 2 heterocycles. The molecule has 0 radical (unpaired) electrons. The number of pyridine rings is 1. The summed E-state index contributed by atoms with van der Waals surface area (Å²) in [6.45, 7) is 6.88. The smallest absolute Gasteiger partial charge is 0.339 e. The van der Waals surface area contributed by atoms with Crippen LogP contribution in [0.15, 0.2) is 36.5 Å². The van der Waals surface area contributed by atoms with Crippen LogP contribution in [0.2, 0.25) is 0 Å². The molecule has 1 aromatic carbocycles. The van der Waals surface area contributed by atoms with E-state index in [2.05, 4.69) is 14.8 Å². The van der Waals surface area contributed by atoms with E-state index in [0.29, 0.717) is 30.9 Å². The Kier molecular flexibility index (Phi) is 6.08. The number of ether oxygens (including phenoxy) is 1. The highest BCUT2D eigenvalue weighted by Crippen LogP contribution is 2.32. The van der Waals surface area contributed by atoms with E-state index in [4.69, 9.17) is 4.74 Å². The number of anilines is 2. The molecule has 1 aromatic heterocycles. The summed E-state index contributed by atoms with van der Waals surface area (Å²) >= 11 is 0. The van der Waals surface area contributed by atoms with E-state index >= 15 is 0 Å². The Morgan fingerprint density at radius 2 is 1.93 bits per heavy atom. The van der Waals surface area contributed by atoms with Crippen molar-refractivity contribution < 1.29 is 14.5 Å². The number of nitro groups is 1. The number of nitro benzene ring substituents is 1. The molecule has 0 saturated carbocycles. The summed E-state index contributed by atoms with van der Waals surface area (Å²) < 4.78 is 4.98. The average molecular weight is 384 g/mol. The fourth-order valence-corrected chi connectivity index (χ4v) is 3.48. The molecule has 1 aliphatic rings. The number of hydrogen-bond donors (Lipinski definition) is 0. The number of rotatable bonds is 5. The lowest BCUT2D eigenvalue weighted by atomic mass is 10.1. The molecule has 0 N–H and O–H groups in total. The molecule has 8 heteroatoms. The molecule has 1 aliphatic heterocycles. The molecule has 1 fully saturated rings. The second kappa shape index (κ2) is 8.69. The normalized spacial score (nSPS) is 14.5. The van der Waals surface area contributed by atoms with Crippen LogP contribution < -0.4 is 9.80 Å². The molecule has 8 nitrogen and oxygen atoms in total. The van der Waals surface area contributed by atoms with Crippen LogP contribution in [0.1, 0.15) is 29.3 Å². The molecular formula is C20H24N4O4. The first-order valence-corrected chi connectivity index (χ1v) is 9.38. The molecule has 0 atom stereocenters. The maximum absolute atomic E-state index is 11.8. The molecule has 28 heavy (non-hydrogen) atoms. The van der Waals surface area contributed by atoms with Crippen molar-refractivity contribution >= 4 is 23.2 Å². The summed E-state index contributed by atoms with van der Waals surface area (Å²) in [6, 6.07) is 8.71. The first-order chi connectivity index (χ1) is 13.5. The van der Waals surface area contributed by atoms with Gasteiger partial charge in [-0.25, -0.2) is 9.78 Å². The number of carbonyl (C=O) groups is 1. The van der Waals surface area contributed by atoms with E-state index in [1.54, 1.807) is 25.1 Å². The van der Waals surface area contributed by atoms with Gasteiger partial charge in [-0.05, 0) is 38.0 Å². The zero-order chi connectivity index (χ0) is 20.1. The van der Waals surface area contributed by atoms with Crippen molar-refractivity contribution in [2.24, 2.45) is 0 Å². The third-order valence-electron chi connectivity index (χ3n) is 4.81. The van der Waals surface area contributed by atoms with Crippen LogP contribution >= 0.6 is 0 Å². The molecule has 0 aliphatic carbocycles. The summed E-state index contributed by atoms with van der Waals surface area (Å²) in [5.74, 6) is 0.407. The van der Waals surface area contributed by atoms with Gasteiger partial charge in [-0.3, -0.25) is 10.1 Å². The van der Waals surface area contributed by atoms with Crippen molar-refractivity contribution in [1.82, 2.24) is 4.98 Å². The lowest BCUT2D eigenvalue weighted by Crippen LogP contribution is -2.31. The van der Waals surface area contributed by atoms with Crippen LogP contribution in [0, 0.1) is 17.0 Å². The van der Waals surface area contributed by atoms with Crippen molar-refractivity contribution in [1.29, 1.82) is 0 Å². The Bertz CT molecular complexity index is 854. The van der Waals surface area contributed by atoms with Crippen LogP contribution in [-0.4, -0.2) is 48.7 Å². The fourth-order valence-electron chi connectivity index (χ4n) is 3.48. The van der Waals surface area contributed by atoms with Crippen LogP contribution in [-0.2, 0) is 4.74 Å². The lowest BCUT2D eigenvalue weighted by molar-refractivity contribution is -0.384. The Morgan fingerprint density at radius 3 is 2.61 bits per heavy atom. The summed E-state index contributed by atoms with van der Waals surface area (Å²) in [5.41, 5.74) is 2.17. The summed E-state index contributed by atoms with van der Waals surface area (Å²) in [5, 5.41) is 11.4. The van der Waals surface area contributed by atoms with E-state index in [1.807, 2.05) is 19.1 Å². The quantitative estimate of drug-likeness (QED) is 0.444. The fraction of sp³-hybridized carbons (Fsp3) is 0.400. The summed E-state index contributed by atoms with van der Waals surface area (Å²) in [6.07, 6.45) is 2.38. The maximum Gasteiger partial charge on any atom is 0.339 e. The van der Waals surface area contributed by atoms with Crippen molar-refractivity contribution in [2.45, 2.75) is 20.3 Å². The molecule has 148 valence electrons. The van der Waals surface area contributed by atoms with Crippen LogP contribution in [0.3, 0.4) is 0 Å². The number of aryl methyl sites for hydroxylation is 1. The second-order valence-corrected chi connectivity index (χ2v) is 6.65. The maximum atomic E-state index is 11.8. The van der Waals surface area contributed by atoms with E-state index < -0.39 is 0 Å². The monoisotopic (exact) mass is 384 g/mol. The minimum absolute atomic E-state index is 0.144. The molecule has 0 bridgehead atoms. The number of nitrogens with zero attached hydrogens (tertiary/aromatic N) is 4. The minimum Gasteiger partial charge on any atom is -0.462 e. The zero-order valence-electron chi connectivity index (χ0n) is 16.1. The number of benzene rings is 1. The van der Waals surface area contributed by atoms with Gasteiger partial charge in [0.05, 0.1) is 17.1 Å². The minimum atomic E-state index is -0.379. The van der Waals surface area contributed by atoms with Gasteiger partial charge in [-0.15, -0.1) is 0 Å². The van der Waals surface area contributed by atoms with E-state index in [-0.39, 0.29) is 16.6 Å². The zero-order valence-corrected chi connectivity index (χ0v) is 16.1. The Balaban J connectivity index is 1.74. The predicted molar refractivity (Wildman–Crippen MR) is 107 cm³/mol. The van der Waals surface area contributed by atoms with Crippen molar-refractivity contribution in [3.63, 3.8) is 0 Å². The highest BCUT2D eigenvalue weighted by molar-refractivity contribution is 5.89. The SMILES string of the molecule is CCOC(=O)c1ccc(N2CCCN(c3c(C)cccc3[N+](=O)[O-])CC2)nc1. The molecular weight excluding hydrogens is 360 g/mol. The van der Waals surface area contributed by atoms with E-state index in [9.17, 15) is 14.9 Å². The molecule has 0 amide bonds. The van der Waals surface area contributed by atoms with Crippen LogP contribution in [0.25, 0.3) is 0 Å². The molecule has 0 spiro atoms. The molecule has 2 aromatic rings. The van der Waals surface area contributed by atoms with E-state index in [0.717, 1.165) is 30.9 Å². The largest absolute Gasteiger partial charge is 0.462 e. The Hall–Kier alpha value is -3.16. The third kappa shape index (κ3) is 4.21. The number of hydrogen-bond acceptors (Lipinski definition) is 7. The first-order valence-electron chi connectivity index (χ1n) is 9.38. The number of esters is 1. The number of para-hydroxylation sites is 1. The van der Waals surface area contributed by atoms with Gasteiger partial charge in [0.15, 0.2) is 0 Å². The van der Waals surface area contributed by atoms with Crippen molar-refractivity contribution in [2.75, 3.05) is 42.6 Å². The van der Waals surface area contributed by atoms with Crippen LogP contribution in [0.4, 0.5) is 17.2 Å². The Morgan fingerprint density at radius 1 is 1.18 bits per heavy atom. The average Bonchev–Trinajstić information content (AvgIpc) is 2.94. The highest BCUT2D eigenvalue weighted by Gasteiger charge is 2.24. The van der Waals surface area contributed by atoms with Gasteiger partial charge in [0.25, 0.3) is 5.69 Å². The van der Waals surface area contributed by atoms with Gasteiger partial charge in [0, 0.05) is 38.4 Å². The van der Waals surface area contributed by atoms with Crippen molar-refractivity contribution in [3.8, 4) is 0 Å². The summed E-state index contributed by atoms with van der Waals surface area (Å²) in [4.78, 5) is 31.5. The molecule has 1 saturated heterocycles. The number of carbonyl (C=O) groups excluding carboxylic acids is 1. The van der Waals surface area contributed by atoms with Crippen LogP contribution in [0.5, 0.6) is 0 Å². The number of aromatic nitrogens is 1. The first kappa shape index (κ1) is 19.6. The van der Waals surface area contributed by atoms with Gasteiger partial charge in [-0.2, -0.15) is 0 Å². The third-order valence-corrected chi connectivity index (χ3v) is 4.81. The summed E-state index contributed by atoms with van der Waals surface area (Å²) in [7, 11) is 0. The van der Waals surface area contributed by atoms with Gasteiger partial charge in [0.2, 0.25) is 0 Å². The molecule has 3 rings (SSSR count). The highest BCUT2D eigenvalue weighted by atomic mass is 16.6. The van der Waals surface area contributed by atoms with Gasteiger partial charge in [-0.1, -0.05) is 12.1 Å². The second-order valence-electron chi connectivity index (χ2n) is 6.65. The van der Waals surface area contributed by atoms with Gasteiger partial charge < -0.3 is 14.5 Å². The van der Waals surface area contributed by atoms with E-state index in [1.165, 1.54) is 6.20 Å². The van der Waals surface area contributed by atoms with Crippen molar-refractivity contribution in [3.05, 3.63) is 57.8 Å². The predicted octanol–water partition coefficient (Wildman–Crippen LogP) is 3.19. The lowest BCUT2D eigenvalue weighted by Gasteiger charge is -2.25. The molecule has 0 unspecified atom stereocenters. The Labute approximate surface area is 163 Å². The topological polar surface area (TPSA) is 88.8 Å².